The number of amides is 1. The van der Waals surface area contributed by atoms with Crippen molar-refractivity contribution < 1.29 is 9.21 Å². The first-order valence-electron chi connectivity index (χ1n) is 9.77. The van der Waals surface area contributed by atoms with Crippen molar-refractivity contribution in [3.05, 3.63) is 71.8 Å². The second-order valence-electron chi connectivity index (χ2n) is 7.57. The third-order valence-corrected chi connectivity index (χ3v) is 5.17. The number of carbonyl (C=O) groups is 1. The third-order valence-electron chi connectivity index (χ3n) is 5.17. The van der Waals surface area contributed by atoms with Gasteiger partial charge in [0.1, 0.15) is 17.5 Å². The zero-order valence-corrected chi connectivity index (χ0v) is 18.7. The Morgan fingerprint density at radius 2 is 1.87 bits per heavy atom. The van der Waals surface area contributed by atoms with Gasteiger partial charge in [0.15, 0.2) is 0 Å². The molecule has 7 heteroatoms. The summed E-state index contributed by atoms with van der Waals surface area (Å²) in [4.78, 5) is 19.8. The van der Waals surface area contributed by atoms with Gasteiger partial charge in [0.2, 0.25) is 5.89 Å². The van der Waals surface area contributed by atoms with Crippen molar-refractivity contribution in [2.45, 2.75) is 38.6 Å². The molecule has 1 fully saturated rings. The Balaban J connectivity index is 0.00000160. The number of nitrogen functional groups attached to an aromatic ring is 1. The van der Waals surface area contributed by atoms with Crippen LogP contribution in [0, 0.1) is 0 Å². The van der Waals surface area contributed by atoms with Gasteiger partial charge in [0.05, 0.1) is 0 Å². The molecule has 0 bridgehead atoms. The number of hydrogen-bond acceptors (Lipinski definition) is 4. The van der Waals surface area contributed by atoms with Gasteiger partial charge < -0.3 is 15.1 Å². The van der Waals surface area contributed by atoms with Gasteiger partial charge >= 0.3 is 0 Å². The van der Waals surface area contributed by atoms with Crippen molar-refractivity contribution in [2.24, 2.45) is 0 Å². The van der Waals surface area contributed by atoms with Gasteiger partial charge in [-0.1, -0.05) is 50.2 Å². The number of nitrogens with zero attached hydrogens (tertiary/aromatic N) is 2. The molecule has 1 aliphatic rings. The first-order chi connectivity index (χ1) is 13.5. The van der Waals surface area contributed by atoms with E-state index in [1.807, 2.05) is 41.3 Å². The highest BCUT2D eigenvalue weighted by atomic mass is 35.5. The molecule has 0 saturated carbocycles. The summed E-state index contributed by atoms with van der Waals surface area (Å²) in [6.45, 7) is 4.89. The largest absolute Gasteiger partial charge is 0.442 e. The molecule has 1 saturated heterocycles. The van der Waals surface area contributed by atoms with Crippen molar-refractivity contribution >= 4 is 36.4 Å². The summed E-state index contributed by atoms with van der Waals surface area (Å²) in [5.74, 6) is 1.66. The Bertz CT molecular complexity index is 989. The molecule has 3 aromatic rings. The van der Waals surface area contributed by atoms with Crippen LogP contribution in [-0.4, -0.2) is 22.3 Å². The summed E-state index contributed by atoms with van der Waals surface area (Å²) in [7, 11) is 0. The highest BCUT2D eigenvalue weighted by molar-refractivity contribution is 5.95. The second kappa shape index (κ2) is 10.0. The molecular formula is C23H27Cl2N3O2. The van der Waals surface area contributed by atoms with Gasteiger partial charge in [0, 0.05) is 29.3 Å². The smallest absolute Gasteiger partial charge is 0.254 e. The maximum Gasteiger partial charge on any atom is 0.254 e. The Labute approximate surface area is 189 Å². The van der Waals surface area contributed by atoms with Crippen molar-refractivity contribution in [3.63, 3.8) is 0 Å². The Hall–Kier alpha value is -2.50. The van der Waals surface area contributed by atoms with Gasteiger partial charge in [0.25, 0.3) is 5.91 Å². The maximum absolute atomic E-state index is 13.1. The molecular weight excluding hydrogens is 421 g/mol. The van der Waals surface area contributed by atoms with E-state index in [9.17, 15) is 4.79 Å². The minimum Gasteiger partial charge on any atom is -0.442 e. The molecule has 1 atom stereocenters. The topological polar surface area (TPSA) is 72.4 Å². The molecule has 1 amide bonds. The molecule has 160 valence electrons. The van der Waals surface area contributed by atoms with Crippen LogP contribution in [0.25, 0.3) is 11.3 Å². The van der Waals surface area contributed by atoms with E-state index in [4.69, 9.17) is 15.1 Å². The number of likely N-dealkylation sites (tertiary alicyclic amines) is 1. The van der Waals surface area contributed by atoms with Crippen LogP contribution >= 0.6 is 24.8 Å². The molecule has 0 spiro atoms. The van der Waals surface area contributed by atoms with E-state index in [0.717, 1.165) is 29.9 Å². The number of anilines is 1. The molecule has 2 N–H and O–H groups in total. The first kappa shape index (κ1) is 23.8. The molecule has 1 aromatic heterocycles. The fourth-order valence-corrected chi connectivity index (χ4v) is 3.79. The number of halogens is 2. The van der Waals surface area contributed by atoms with Crippen LogP contribution in [-0.2, 0) is 0 Å². The number of benzene rings is 2. The number of hydrogen-bond donors (Lipinski definition) is 1. The minimum atomic E-state index is -0.149. The monoisotopic (exact) mass is 447 g/mol. The summed E-state index contributed by atoms with van der Waals surface area (Å²) in [5.41, 5.74) is 8.96. The number of carbonyl (C=O) groups excluding carboxylic acids is 1. The average molecular weight is 448 g/mol. The molecule has 4 rings (SSSR count). The van der Waals surface area contributed by atoms with Gasteiger partial charge in [-0.05, 0) is 31.0 Å². The quantitative estimate of drug-likeness (QED) is 0.507. The Morgan fingerprint density at radius 3 is 2.53 bits per heavy atom. The van der Waals surface area contributed by atoms with Crippen LogP contribution in [0.5, 0.6) is 0 Å². The van der Waals surface area contributed by atoms with Crippen LogP contribution in [0.2, 0.25) is 0 Å². The number of rotatable bonds is 4. The molecule has 2 heterocycles. The summed E-state index contributed by atoms with van der Waals surface area (Å²) >= 11 is 0. The Kier molecular flexibility index (Phi) is 7.93. The first-order valence-corrected chi connectivity index (χ1v) is 9.77. The van der Waals surface area contributed by atoms with E-state index in [1.165, 1.54) is 0 Å². The van der Waals surface area contributed by atoms with Crippen LogP contribution in [0.1, 0.15) is 60.7 Å². The number of nitrogens with two attached hydrogens (primary N) is 1. The standard InChI is InChI=1S/C23H25N3O2.2ClH/c1-15(2)21-20(16-8-4-3-5-9-16)25-22(28-21)19-12-7-13-26(19)23(27)17-10-6-11-18(24)14-17;;/h3-6,8-11,14-15,19H,7,12-13,24H2,1-2H3;2*1H. The van der Waals surface area contributed by atoms with Gasteiger partial charge in [-0.2, -0.15) is 0 Å². The van der Waals surface area contributed by atoms with Gasteiger partial charge in [-0.15, -0.1) is 24.8 Å². The van der Waals surface area contributed by atoms with E-state index in [0.29, 0.717) is 23.7 Å². The summed E-state index contributed by atoms with van der Waals surface area (Å²) in [6.07, 6.45) is 1.78. The van der Waals surface area contributed by atoms with Crippen LogP contribution in [0.3, 0.4) is 0 Å². The molecule has 0 radical (unpaired) electrons. The molecule has 1 unspecified atom stereocenters. The van der Waals surface area contributed by atoms with Crippen LogP contribution in [0.15, 0.2) is 59.0 Å². The van der Waals surface area contributed by atoms with Crippen molar-refractivity contribution in [1.29, 1.82) is 0 Å². The molecule has 2 aromatic carbocycles. The fourth-order valence-electron chi connectivity index (χ4n) is 3.79. The summed E-state index contributed by atoms with van der Waals surface area (Å²) in [6, 6.07) is 17.0. The van der Waals surface area contributed by atoms with E-state index in [2.05, 4.69) is 13.8 Å². The number of aromatic nitrogens is 1. The Morgan fingerprint density at radius 1 is 1.13 bits per heavy atom. The van der Waals surface area contributed by atoms with Gasteiger partial charge in [-0.25, -0.2) is 4.98 Å². The van der Waals surface area contributed by atoms with Crippen molar-refractivity contribution in [2.75, 3.05) is 12.3 Å². The zero-order valence-electron chi connectivity index (χ0n) is 17.1. The van der Waals surface area contributed by atoms with Crippen molar-refractivity contribution in [3.8, 4) is 11.3 Å². The van der Waals surface area contributed by atoms with Crippen LogP contribution in [0.4, 0.5) is 5.69 Å². The highest BCUT2D eigenvalue weighted by Gasteiger charge is 2.35. The summed E-state index contributed by atoms with van der Waals surface area (Å²) < 4.78 is 6.22. The lowest BCUT2D eigenvalue weighted by atomic mass is 10.0. The van der Waals surface area contributed by atoms with E-state index < -0.39 is 0 Å². The molecule has 30 heavy (non-hydrogen) atoms. The lowest BCUT2D eigenvalue weighted by Crippen LogP contribution is -2.30. The SMILES string of the molecule is CC(C)c1oc(C2CCCN2C(=O)c2cccc(N)c2)nc1-c1ccccc1.Cl.Cl. The second-order valence-corrected chi connectivity index (χ2v) is 7.57. The van der Waals surface area contributed by atoms with E-state index >= 15 is 0 Å². The minimum absolute atomic E-state index is 0. The predicted molar refractivity (Wildman–Crippen MR) is 124 cm³/mol. The lowest BCUT2D eigenvalue weighted by molar-refractivity contribution is 0.0714. The van der Waals surface area contributed by atoms with Gasteiger partial charge in [-0.3, -0.25) is 4.79 Å². The highest BCUT2D eigenvalue weighted by Crippen LogP contribution is 2.37. The van der Waals surface area contributed by atoms with E-state index in [-0.39, 0.29) is 42.7 Å². The lowest BCUT2D eigenvalue weighted by Gasteiger charge is -2.22. The zero-order chi connectivity index (χ0) is 19.7. The predicted octanol–water partition coefficient (Wildman–Crippen LogP) is 5.87. The fraction of sp³-hybridized carbons (Fsp3) is 0.304. The average Bonchev–Trinajstić information content (AvgIpc) is 3.35. The molecule has 5 nitrogen and oxygen atoms in total. The normalized spacial score (nSPS) is 15.6. The molecule has 0 aliphatic carbocycles. The maximum atomic E-state index is 13.1. The number of oxazole rings is 1. The van der Waals surface area contributed by atoms with Crippen molar-refractivity contribution in [1.82, 2.24) is 9.88 Å². The third kappa shape index (κ3) is 4.63. The van der Waals surface area contributed by atoms with E-state index in [1.54, 1.807) is 18.2 Å². The summed E-state index contributed by atoms with van der Waals surface area (Å²) in [5, 5.41) is 0. The van der Waals surface area contributed by atoms with Crippen LogP contribution < -0.4 is 5.73 Å². The molecule has 1 aliphatic heterocycles.